The molecule has 2 N–H and O–H groups in total. The van der Waals surface area contributed by atoms with E-state index in [2.05, 4.69) is 48.2 Å². The third-order valence-electron chi connectivity index (χ3n) is 3.25. The maximum absolute atomic E-state index is 4.25. The number of hydrogen-bond acceptors (Lipinski definition) is 2. The Kier molecular flexibility index (Phi) is 6.47. The molecule has 0 amide bonds. The summed E-state index contributed by atoms with van der Waals surface area (Å²) in [5.41, 5.74) is 0. The molecule has 0 saturated carbocycles. The van der Waals surface area contributed by atoms with Gasteiger partial charge in [0.1, 0.15) is 0 Å². The summed E-state index contributed by atoms with van der Waals surface area (Å²) in [7, 11) is 1.83. The summed E-state index contributed by atoms with van der Waals surface area (Å²) in [5.74, 6) is 1.67. The topological polar surface area (TPSA) is 39.7 Å². The fourth-order valence-corrected chi connectivity index (χ4v) is 2.52. The maximum atomic E-state index is 4.25. The zero-order valence-electron chi connectivity index (χ0n) is 12.7. The molecule has 4 nitrogen and oxygen atoms in total. The Morgan fingerprint density at radius 1 is 1.33 bits per heavy atom. The van der Waals surface area contributed by atoms with Crippen molar-refractivity contribution in [2.45, 2.75) is 52.6 Å². The Hall–Kier alpha value is -0.770. The van der Waals surface area contributed by atoms with Crippen molar-refractivity contribution < 1.29 is 0 Å². The largest absolute Gasteiger partial charge is 0.355 e. The van der Waals surface area contributed by atoms with Crippen LogP contribution < -0.4 is 10.6 Å². The van der Waals surface area contributed by atoms with E-state index in [0.717, 1.165) is 18.4 Å². The average molecular weight is 254 g/mol. The van der Waals surface area contributed by atoms with E-state index in [1.165, 1.54) is 25.9 Å². The first-order valence-corrected chi connectivity index (χ1v) is 7.24. The second kappa shape index (κ2) is 7.62. The first-order valence-electron chi connectivity index (χ1n) is 7.24. The standard InChI is InChI=1S/C14H30N4/c1-11(2)10-18-8-6-7-13(18)9-16-14(15-5)17-12(3)4/h11-13H,6-10H2,1-5H3,(H2,15,16,17)/t13-/m1/s1. The van der Waals surface area contributed by atoms with Gasteiger partial charge in [-0.05, 0) is 39.2 Å². The van der Waals surface area contributed by atoms with E-state index in [0.29, 0.717) is 12.1 Å². The first-order chi connectivity index (χ1) is 8.52. The summed E-state index contributed by atoms with van der Waals surface area (Å²) in [6, 6.07) is 1.09. The van der Waals surface area contributed by atoms with Gasteiger partial charge in [-0.25, -0.2) is 0 Å². The summed E-state index contributed by atoms with van der Waals surface area (Å²) in [6.45, 7) is 12.3. The average Bonchev–Trinajstić information content (AvgIpc) is 2.70. The number of likely N-dealkylation sites (tertiary alicyclic amines) is 1. The molecule has 0 aromatic heterocycles. The second-order valence-electron chi connectivity index (χ2n) is 5.94. The van der Waals surface area contributed by atoms with Crippen LogP contribution in [0.4, 0.5) is 0 Å². The molecule has 1 fully saturated rings. The number of nitrogens with zero attached hydrogens (tertiary/aromatic N) is 2. The van der Waals surface area contributed by atoms with Crippen molar-refractivity contribution in [1.29, 1.82) is 0 Å². The number of rotatable bonds is 5. The summed E-state index contributed by atoms with van der Waals surface area (Å²) in [4.78, 5) is 6.86. The van der Waals surface area contributed by atoms with E-state index >= 15 is 0 Å². The minimum Gasteiger partial charge on any atom is -0.355 e. The van der Waals surface area contributed by atoms with E-state index in [1.54, 1.807) is 0 Å². The molecule has 18 heavy (non-hydrogen) atoms. The van der Waals surface area contributed by atoms with Gasteiger partial charge in [-0.3, -0.25) is 9.89 Å². The highest BCUT2D eigenvalue weighted by molar-refractivity contribution is 5.79. The van der Waals surface area contributed by atoms with Gasteiger partial charge in [0.05, 0.1) is 0 Å². The summed E-state index contributed by atoms with van der Waals surface area (Å²) in [6.07, 6.45) is 2.63. The van der Waals surface area contributed by atoms with Gasteiger partial charge in [0, 0.05) is 32.2 Å². The van der Waals surface area contributed by atoms with Crippen LogP contribution in [0.2, 0.25) is 0 Å². The van der Waals surface area contributed by atoms with Gasteiger partial charge in [0.2, 0.25) is 0 Å². The highest BCUT2D eigenvalue weighted by atomic mass is 15.2. The van der Waals surface area contributed by atoms with Crippen molar-refractivity contribution in [3.63, 3.8) is 0 Å². The highest BCUT2D eigenvalue weighted by Crippen LogP contribution is 2.17. The lowest BCUT2D eigenvalue weighted by molar-refractivity contribution is 0.226. The summed E-state index contributed by atoms with van der Waals surface area (Å²) in [5, 5.41) is 6.77. The van der Waals surface area contributed by atoms with Crippen LogP contribution in [-0.2, 0) is 0 Å². The van der Waals surface area contributed by atoms with Crippen molar-refractivity contribution in [2.75, 3.05) is 26.7 Å². The third-order valence-corrected chi connectivity index (χ3v) is 3.25. The van der Waals surface area contributed by atoms with E-state index < -0.39 is 0 Å². The predicted molar refractivity (Wildman–Crippen MR) is 79.1 cm³/mol. The molecule has 4 heteroatoms. The minimum absolute atomic E-state index is 0.423. The van der Waals surface area contributed by atoms with Gasteiger partial charge < -0.3 is 10.6 Å². The molecule has 1 rings (SSSR count). The molecule has 1 aliphatic heterocycles. The molecule has 0 aliphatic carbocycles. The van der Waals surface area contributed by atoms with E-state index in [4.69, 9.17) is 0 Å². The van der Waals surface area contributed by atoms with Crippen LogP contribution in [0.25, 0.3) is 0 Å². The second-order valence-corrected chi connectivity index (χ2v) is 5.94. The Morgan fingerprint density at radius 3 is 2.61 bits per heavy atom. The fourth-order valence-electron chi connectivity index (χ4n) is 2.52. The molecule has 0 aromatic rings. The minimum atomic E-state index is 0.423. The summed E-state index contributed by atoms with van der Waals surface area (Å²) >= 11 is 0. The SMILES string of the molecule is CN=C(NC[C@H]1CCCN1CC(C)C)NC(C)C. The molecule has 106 valence electrons. The first kappa shape index (κ1) is 15.3. The molecule has 1 aliphatic rings. The molecule has 0 radical (unpaired) electrons. The normalized spacial score (nSPS) is 21.9. The lowest BCUT2D eigenvalue weighted by Gasteiger charge is -2.27. The number of hydrogen-bond donors (Lipinski definition) is 2. The van der Waals surface area contributed by atoms with Crippen LogP contribution in [0.1, 0.15) is 40.5 Å². The molecule has 0 aromatic carbocycles. The van der Waals surface area contributed by atoms with Gasteiger partial charge in [-0.1, -0.05) is 13.8 Å². The van der Waals surface area contributed by atoms with Crippen molar-refractivity contribution >= 4 is 5.96 Å². The number of guanidine groups is 1. The van der Waals surface area contributed by atoms with Crippen LogP contribution in [0.15, 0.2) is 4.99 Å². The van der Waals surface area contributed by atoms with Gasteiger partial charge >= 0.3 is 0 Å². The van der Waals surface area contributed by atoms with Crippen LogP contribution in [0.5, 0.6) is 0 Å². The Bertz CT molecular complexity index is 261. The van der Waals surface area contributed by atoms with Crippen LogP contribution in [-0.4, -0.2) is 49.6 Å². The molecule has 1 heterocycles. The quantitative estimate of drug-likeness (QED) is 0.579. The van der Waals surface area contributed by atoms with E-state index in [-0.39, 0.29) is 0 Å². The Balaban J connectivity index is 2.37. The molecular formula is C14H30N4. The zero-order valence-corrected chi connectivity index (χ0v) is 12.7. The number of nitrogens with one attached hydrogen (secondary N) is 2. The molecule has 0 spiro atoms. The molecule has 1 saturated heterocycles. The van der Waals surface area contributed by atoms with E-state index in [1.807, 2.05) is 7.05 Å². The molecule has 1 atom stereocenters. The maximum Gasteiger partial charge on any atom is 0.191 e. The van der Waals surface area contributed by atoms with Crippen molar-refractivity contribution in [3.8, 4) is 0 Å². The highest BCUT2D eigenvalue weighted by Gasteiger charge is 2.24. The zero-order chi connectivity index (χ0) is 13.5. The van der Waals surface area contributed by atoms with Gasteiger partial charge in [-0.2, -0.15) is 0 Å². The van der Waals surface area contributed by atoms with Crippen molar-refractivity contribution in [2.24, 2.45) is 10.9 Å². The third kappa shape index (κ3) is 5.25. The van der Waals surface area contributed by atoms with Crippen LogP contribution in [0, 0.1) is 5.92 Å². The number of aliphatic imine (C=N–C) groups is 1. The molecule has 0 bridgehead atoms. The van der Waals surface area contributed by atoms with Gasteiger partial charge in [0.15, 0.2) is 5.96 Å². The monoisotopic (exact) mass is 254 g/mol. The lowest BCUT2D eigenvalue weighted by atomic mass is 10.1. The fraction of sp³-hybridized carbons (Fsp3) is 0.929. The van der Waals surface area contributed by atoms with Crippen molar-refractivity contribution in [3.05, 3.63) is 0 Å². The van der Waals surface area contributed by atoms with E-state index in [9.17, 15) is 0 Å². The van der Waals surface area contributed by atoms with Gasteiger partial charge in [0.25, 0.3) is 0 Å². The molecular weight excluding hydrogens is 224 g/mol. The van der Waals surface area contributed by atoms with Crippen LogP contribution >= 0.6 is 0 Å². The smallest absolute Gasteiger partial charge is 0.191 e. The van der Waals surface area contributed by atoms with Crippen LogP contribution in [0.3, 0.4) is 0 Å². The molecule has 0 unspecified atom stereocenters. The lowest BCUT2D eigenvalue weighted by Crippen LogP contribution is -2.47. The van der Waals surface area contributed by atoms with Crippen molar-refractivity contribution in [1.82, 2.24) is 15.5 Å². The Labute approximate surface area is 112 Å². The Morgan fingerprint density at radius 2 is 2.06 bits per heavy atom. The summed E-state index contributed by atoms with van der Waals surface area (Å²) < 4.78 is 0. The predicted octanol–water partition coefficient (Wildman–Crippen LogP) is 1.68. The van der Waals surface area contributed by atoms with Gasteiger partial charge in [-0.15, -0.1) is 0 Å².